The fourth-order valence-electron chi connectivity index (χ4n) is 3.67. The highest BCUT2D eigenvalue weighted by Gasteiger charge is 2.46. The molecule has 10 heteroatoms. The third kappa shape index (κ3) is 3.53. The summed E-state index contributed by atoms with van der Waals surface area (Å²) >= 11 is 0. The van der Waals surface area contributed by atoms with Crippen molar-refractivity contribution < 1.29 is 22.0 Å². The van der Waals surface area contributed by atoms with Gasteiger partial charge < -0.3 is 9.88 Å². The Bertz CT molecular complexity index is 1220. The van der Waals surface area contributed by atoms with Crippen molar-refractivity contribution >= 4 is 16.7 Å². The molecule has 0 amide bonds. The second kappa shape index (κ2) is 7.58. The number of aryl methyl sites for hydroxylation is 1. The van der Waals surface area contributed by atoms with Crippen LogP contribution in [0.15, 0.2) is 29.2 Å². The molecule has 31 heavy (non-hydrogen) atoms. The Hall–Kier alpha value is -3.04. The van der Waals surface area contributed by atoms with E-state index in [4.69, 9.17) is 0 Å². The van der Waals surface area contributed by atoms with Crippen molar-refractivity contribution in [1.82, 2.24) is 14.5 Å². The first-order valence-electron chi connectivity index (χ1n) is 9.67. The summed E-state index contributed by atoms with van der Waals surface area (Å²) in [5.41, 5.74) is -3.07. The summed E-state index contributed by atoms with van der Waals surface area (Å²) in [5, 5.41) is 3.01. The van der Waals surface area contributed by atoms with Crippen LogP contribution in [0.4, 0.5) is 27.8 Å². The molecule has 2 heterocycles. The monoisotopic (exact) mass is 438 g/mol. The third-order valence-corrected chi connectivity index (χ3v) is 5.63. The molecule has 1 N–H and O–H groups in total. The highest BCUT2D eigenvalue weighted by molar-refractivity contribution is 5.89. The molecule has 1 atom stereocenters. The summed E-state index contributed by atoms with van der Waals surface area (Å²) in [4.78, 5) is 20.7. The van der Waals surface area contributed by atoms with E-state index in [1.807, 2.05) is 0 Å². The van der Waals surface area contributed by atoms with Crippen LogP contribution in [0.5, 0.6) is 0 Å². The van der Waals surface area contributed by atoms with Crippen LogP contribution < -0.4 is 10.9 Å². The number of aromatic nitrogens is 3. The number of benzene rings is 1. The molecule has 1 saturated carbocycles. The van der Waals surface area contributed by atoms with Gasteiger partial charge in [-0.05, 0) is 26.7 Å². The Balaban J connectivity index is 1.83. The number of nitrogens with one attached hydrogen (secondary N) is 1. The zero-order valence-corrected chi connectivity index (χ0v) is 16.7. The van der Waals surface area contributed by atoms with Gasteiger partial charge in [-0.1, -0.05) is 18.2 Å². The van der Waals surface area contributed by atoms with Crippen LogP contribution >= 0.6 is 0 Å². The molecule has 5 nitrogen and oxygen atoms in total. The first-order valence-corrected chi connectivity index (χ1v) is 9.67. The largest absolute Gasteiger partial charge is 0.363 e. The van der Waals surface area contributed by atoms with Gasteiger partial charge in [0.05, 0.1) is 22.5 Å². The van der Waals surface area contributed by atoms with E-state index in [1.54, 1.807) is 0 Å². The number of fused-ring (bicyclic) bond motifs is 1. The molecule has 0 aliphatic heterocycles. The fraction of sp³-hybridized carbons (Fsp3) is 0.381. The molecule has 0 unspecified atom stereocenters. The van der Waals surface area contributed by atoms with E-state index < -0.39 is 47.4 Å². The molecule has 3 aromatic rings. The highest BCUT2D eigenvalue weighted by atomic mass is 19.3. The smallest absolute Gasteiger partial charge is 0.289 e. The molecule has 0 bridgehead atoms. The van der Waals surface area contributed by atoms with Gasteiger partial charge in [-0.25, -0.2) is 27.5 Å². The molecule has 4 rings (SSSR count). The first kappa shape index (κ1) is 21.2. The maximum absolute atomic E-state index is 14.9. The van der Waals surface area contributed by atoms with Crippen LogP contribution in [-0.2, 0) is 5.54 Å². The Morgan fingerprint density at radius 3 is 2.45 bits per heavy atom. The molecular weight excluding hydrogens is 419 g/mol. The first-order chi connectivity index (χ1) is 14.7. The highest BCUT2D eigenvalue weighted by Crippen LogP contribution is 2.43. The summed E-state index contributed by atoms with van der Waals surface area (Å²) in [7, 11) is 0. The standard InChI is InChI=1S/C21H19F5N4O/c1-10(12-4-3-5-13(15(12)23)18(25)26)27-19-14-8-30(21(9-22)6-7-21)20(31)16(24)17(14)28-11(2)29-19/h3-5,8,10,18H,6-7,9H2,1-2H3,(H,27,28,29)/t10-/m1/s1. The average Bonchev–Trinajstić information content (AvgIpc) is 3.52. The van der Waals surface area contributed by atoms with Crippen molar-refractivity contribution in [2.75, 3.05) is 12.0 Å². The number of anilines is 1. The fourth-order valence-corrected chi connectivity index (χ4v) is 3.67. The number of pyridine rings is 1. The van der Waals surface area contributed by atoms with E-state index in [0.29, 0.717) is 12.8 Å². The maximum Gasteiger partial charge on any atom is 0.289 e. The van der Waals surface area contributed by atoms with Gasteiger partial charge in [0.25, 0.3) is 12.0 Å². The number of rotatable bonds is 6. The van der Waals surface area contributed by atoms with Gasteiger partial charge in [0, 0.05) is 11.8 Å². The topological polar surface area (TPSA) is 59.8 Å². The summed E-state index contributed by atoms with van der Waals surface area (Å²) in [6, 6.07) is 2.85. The summed E-state index contributed by atoms with van der Waals surface area (Å²) in [6.45, 7) is 2.20. The van der Waals surface area contributed by atoms with Gasteiger partial charge in [-0.3, -0.25) is 4.79 Å². The molecule has 1 aliphatic carbocycles. The zero-order valence-electron chi connectivity index (χ0n) is 16.7. The van der Waals surface area contributed by atoms with Gasteiger partial charge >= 0.3 is 0 Å². The van der Waals surface area contributed by atoms with E-state index in [2.05, 4.69) is 15.3 Å². The van der Waals surface area contributed by atoms with E-state index in [-0.39, 0.29) is 28.1 Å². The van der Waals surface area contributed by atoms with Crippen molar-refractivity contribution in [3.8, 4) is 0 Å². The normalized spacial score (nSPS) is 16.0. The minimum Gasteiger partial charge on any atom is -0.363 e. The van der Waals surface area contributed by atoms with Crippen LogP contribution in [0.1, 0.15) is 49.2 Å². The molecule has 164 valence electrons. The lowest BCUT2D eigenvalue weighted by atomic mass is 10.0. The quantitative estimate of drug-likeness (QED) is 0.554. The van der Waals surface area contributed by atoms with Crippen molar-refractivity contribution in [3.05, 3.63) is 63.3 Å². The Morgan fingerprint density at radius 2 is 1.84 bits per heavy atom. The number of hydrogen-bond donors (Lipinski definition) is 1. The second-order valence-corrected chi connectivity index (χ2v) is 7.78. The van der Waals surface area contributed by atoms with Crippen LogP contribution in [0.2, 0.25) is 0 Å². The van der Waals surface area contributed by atoms with E-state index in [0.717, 1.165) is 10.6 Å². The molecule has 1 aliphatic rings. The molecule has 1 aromatic carbocycles. The number of hydrogen-bond acceptors (Lipinski definition) is 4. The van der Waals surface area contributed by atoms with Gasteiger partial charge in [0.2, 0.25) is 5.82 Å². The van der Waals surface area contributed by atoms with Crippen LogP contribution in [-0.4, -0.2) is 21.2 Å². The third-order valence-electron chi connectivity index (χ3n) is 5.63. The average molecular weight is 438 g/mol. The second-order valence-electron chi connectivity index (χ2n) is 7.78. The van der Waals surface area contributed by atoms with Gasteiger partial charge in [-0.15, -0.1) is 0 Å². The van der Waals surface area contributed by atoms with Crippen LogP contribution in [0, 0.1) is 18.6 Å². The molecule has 0 spiro atoms. The van der Waals surface area contributed by atoms with Crippen molar-refractivity contribution in [1.29, 1.82) is 0 Å². The summed E-state index contributed by atoms with van der Waals surface area (Å²) in [6.07, 6.45) is -0.890. The molecule has 0 saturated heterocycles. The number of nitrogens with zero attached hydrogens (tertiary/aromatic N) is 3. The minimum absolute atomic E-state index is 0.0292. The summed E-state index contributed by atoms with van der Waals surface area (Å²) in [5.74, 6) is -1.96. The van der Waals surface area contributed by atoms with Crippen molar-refractivity contribution in [3.63, 3.8) is 0 Å². The van der Waals surface area contributed by atoms with Crippen molar-refractivity contribution in [2.24, 2.45) is 0 Å². The van der Waals surface area contributed by atoms with Gasteiger partial charge in [0.15, 0.2) is 0 Å². The molecule has 1 fully saturated rings. The number of halogens is 5. The Labute approximate surface area is 173 Å². The van der Waals surface area contributed by atoms with Gasteiger partial charge in [-0.2, -0.15) is 4.39 Å². The minimum atomic E-state index is -2.98. The maximum atomic E-state index is 14.9. The predicted octanol–water partition coefficient (Wildman–Crippen LogP) is 4.95. The molecule has 2 aromatic heterocycles. The number of alkyl halides is 3. The Kier molecular flexibility index (Phi) is 5.18. The van der Waals surface area contributed by atoms with E-state index in [9.17, 15) is 26.7 Å². The van der Waals surface area contributed by atoms with E-state index in [1.165, 1.54) is 32.2 Å². The summed E-state index contributed by atoms with van der Waals surface area (Å²) < 4.78 is 70.1. The van der Waals surface area contributed by atoms with Crippen LogP contribution in [0.25, 0.3) is 10.9 Å². The lowest BCUT2D eigenvalue weighted by molar-refractivity contribution is 0.146. The zero-order chi connectivity index (χ0) is 22.5. The van der Waals surface area contributed by atoms with Gasteiger partial charge in [0.1, 0.15) is 29.7 Å². The molecule has 0 radical (unpaired) electrons. The predicted molar refractivity (Wildman–Crippen MR) is 105 cm³/mol. The van der Waals surface area contributed by atoms with Crippen molar-refractivity contribution in [2.45, 2.75) is 44.7 Å². The van der Waals surface area contributed by atoms with E-state index >= 15 is 0 Å². The molecular formula is C21H19F5N4O. The Morgan fingerprint density at radius 1 is 1.16 bits per heavy atom. The lowest BCUT2D eigenvalue weighted by Crippen LogP contribution is -2.33. The SMILES string of the molecule is Cc1nc(N[C@H](C)c2cccc(C(F)F)c2F)c2cn(C3(CF)CC3)c(=O)c(F)c2n1. The lowest BCUT2D eigenvalue weighted by Gasteiger charge is -2.20. The van der Waals surface area contributed by atoms with Crippen LogP contribution in [0.3, 0.4) is 0 Å².